The molecule has 0 bridgehead atoms. The minimum absolute atomic E-state index is 0.0556. The Hall–Kier alpha value is -1.29. The summed E-state index contributed by atoms with van der Waals surface area (Å²) in [6.07, 6.45) is 3.12. The van der Waals surface area contributed by atoms with Crippen molar-refractivity contribution in [2.24, 2.45) is 5.73 Å². The first-order chi connectivity index (χ1) is 7.04. The third-order valence-corrected chi connectivity index (χ3v) is 3.10. The highest BCUT2D eigenvalue weighted by Gasteiger charge is 2.36. The van der Waals surface area contributed by atoms with Crippen molar-refractivity contribution in [3.8, 4) is 11.5 Å². The van der Waals surface area contributed by atoms with Crippen LogP contribution in [0.3, 0.4) is 0 Å². The lowest BCUT2D eigenvalue weighted by Crippen LogP contribution is -2.34. The highest BCUT2D eigenvalue weighted by Crippen LogP contribution is 2.44. The fourth-order valence-electron chi connectivity index (χ4n) is 2.29. The maximum absolute atomic E-state index is 13.6. The minimum Gasteiger partial charge on any atom is -0.504 e. The van der Waals surface area contributed by atoms with Crippen molar-refractivity contribution >= 4 is 0 Å². The van der Waals surface area contributed by atoms with Crippen LogP contribution in [0.2, 0.25) is 0 Å². The molecule has 1 saturated carbocycles. The average molecular weight is 211 g/mol. The second-order valence-electron chi connectivity index (χ2n) is 4.15. The Bertz CT molecular complexity index is 386. The first-order valence-corrected chi connectivity index (χ1v) is 5.04. The molecule has 0 heterocycles. The lowest BCUT2D eigenvalue weighted by molar-refractivity contribution is 0.359. The predicted molar refractivity (Wildman–Crippen MR) is 54.1 cm³/mol. The van der Waals surface area contributed by atoms with E-state index in [0.717, 1.165) is 25.0 Å². The molecular weight excluding hydrogens is 197 g/mol. The van der Waals surface area contributed by atoms with Gasteiger partial charge in [-0.05, 0) is 25.0 Å². The van der Waals surface area contributed by atoms with Crippen molar-refractivity contribution in [1.29, 1.82) is 0 Å². The molecule has 0 saturated heterocycles. The van der Waals surface area contributed by atoms with Crippen molar-refractivity contribution in [3.05, 3.63) is 23.5 Å². The molecule has 3 nitrogen and oxygen atoms in total. The van der Waals surface area contributed by atoms with Crippen LogP contribution in [0, 0.1) is 5.82 Å². The number of aromatic hydroxyl groups is 2. The summed E-state index contributed by atoms with van der Waals surface area (Å²) < 4.78 is 13.6. The zero-order chi connectivity index (χ0) is 11.1. The standard InChI is InChI=1S/C11H14FNO2/c12-7-3-4-8(14)10(15)9(7)11(13)5-1-2-6-11/h3-4,14-15H,1-2,5-6,13H2. The van der Waals surface area contributed by atoms with Crippen LogP contribution in [0.4, 0.5) is 4.39 Å². The van der Waals surface area contributed by atoms with E-state index in [1.165, 1.54) is 0 Å². The van der Waals surface area contributed by atoms with Gasteiger partial charge in [0, 0.05) is 5.54 Å². The normalized spacial score (nSPS) is 19.3. The monoisotopic (exact) mass is 211 g/mol. The summed E-state index contributed by atoms with van der Waals surface area (Å²) >= 11 is 0. The summed E-state index contributed by atoms with van der Waals surface area (Å²) in [6.45, 7) is 0. The Morgan fingerprint density at radius 2 is 1.80 bits per heavy atom. The van der Waals surface area contributed by atoms with Crippen molar-refractivity contribution in [3.63, 3.8) is 0 Å². The van der Waals surface area contributed by atoms with Gasteiger partial charge in [-0.2, -0.15) is 0 Å². The number of benzene rings is 1. The second-order valence-corrected chi connectivity index (χ2v) is 4.15. The van der Waals surface area contributed by atoms with E-state index < -0.39 is 17.1 Å². The van der Waals surface area contributed by atoms with Gasteiger partial charge in [0.05, 0.1) is 5.56 Å². The highest BCUT2D eigenvalue weighted by atomic mass is 19.1. The zero-order valence-corrected chi connectivity index (χ0v) is 8.33. The molecule has 0 aromatic heterocycles. The molecule has 4 N–H and O–H groups in total. The fourth-order valence-corrected chi connectivity index (χ4v) is 2.29. The van der Waals surface area contributed by atoms with Gasteiger partial charge in [0.2, 0.25) is 0 Å². The van der Waals surface area contributed by atoms with Gasteiger partial charge >= 0.3 is 0 Å². The third-order valence-electron chi connectivity index (χ3n) is 3.10. The molecule has 0 atom stereocenters. The smallest absolute Gasteiger partial charge is 0.165 e. The van der Waals surface area contributed by atoms with Gasteiger partial charge in [-0.15, -0.1) is 0 Å². The van der Waals surface area contributed by atoms with Gasteiger partial charge in [0.15, 0.2) is 11.5 Å². The number of halogens is 1. The minimum atomic E-state index is -0.826. The number of rotatable bonds is 1. The molecule has 0 spiro atoms. The van der Waals surface area contributed by atoms with Crippen LogP contribution in [0.15, 0.2) is 12.1 Å². The van der Waals surface area contributed by atoms with Gasteiger partial charge in [-0.3, -0.25) is 0 Å². The molecule has 1 aliphatic carbocycles. The Kier molecular flexibility index (Phi) is 2.31. The summed E-state index contributed by atoms with van der Waals surface area (Å²) in [7, 11) is 0. The molecule has 15 heavy (non-hydrogen) atoms. The topological polar surface area (TPSA) is 66.5 Å². The highest BCUT2D eigenvalue weighted by molar-refractivity contribution is 5.49. The van der Waals surface area contributed by atoms with Gasteiger partial charge in [0.25, 0.3) is 0 Å². The SMILES string of the molecule is NC1(c2c(F)ccc(O)c2O)CCCC1. The number of hydrogen-bond donors (Lipinski definition) is 3. The Morgan fingerprint density at radius 1 is 1.20 bits per heavy atom. The van der Waals surface area contributed by atoms with Crippen molar-refractivity contribution < 1.29 is 14.6 Å². The number of phenols is 2. The Labute approximate surface area is 87.3 Å². The molecule has 0 unspecified atom stereocenters. The molecule has 1 aliphatic rings. The molecule has 0 aliphatic heterocycles. The van der Waals surface area contributed by atoms with Crippen LogP contribution in [0.5, 0.6) is 11.5 Å². The van der Waals surface area contributed by atoms with Crippen molar-refractivity contribution in [1.82, 2.24) is 0 Å². The lowest BCUT2D eigenvalue weighted by atomic mass is 9.88. The zero-order valence-electron chi connectivity index (χ0n) is 8.33. The van der Waals surface area contributed by atoms with Crippen LogP contribution in [0.25, 0.3) is 0 Å². The van der Waals surface area contributed by atoms with Gasteiger partial charge < -0.3 is 15.9 Å². The summed E-state index contributed by atoms with van der Waals surface area (Å²) in [4.78, 5) is 0. The first-order valence-electron chi connectivity index (χ1n) is 5.04. The summed E-state index contributed by atoms with van der Waals surface area (Å²) in [5.41, 5.74) is 5.27. The van der Waals surface area contributed by atoms with Gasteiger partial charge in [-0.25, -0.2) is 4.39 Å². The molecule has 2 rings (SSSR count). The summed E-state index contributed by atoms with van der Waals surface area (Å²) in [6, 6.07) is 2.27. The van der Waals surface area contributed by atoms with Crippen molar-refractivity contribution in [2.75, 3.05) is 0 Å². The molecule has 1 aromatic carbocycles. The number of phenolic OH excluding ortho intramolecular Hbond substituents is 2. The molecule has 0 radical (unpaired) electrons. The van der Waals surface area contributed by atoms with Crippen LogP contribution in [0.1, 0.15) is 31.2 Å². The molecule has 4 heteroatoms. The van der Waals surface area contributed by atoms with E-state index in [1.54, 1.807) is 0 Å². The molecule has 1 aromatic rings. The van der Waals surface area contributed by atoms with E-state index >= 15 is 0 Å². The van der Waals surface area contributed by atoms with E-state index in [4.69, 9.17) is 5.73 Å². The van der Waals surface area contributed by atoms with Crippen LogP contribution in [-0.4, -0.2) is 10.2 Å². The van der Waals surface area contributed by atoms with E-state index in [1.807, 2.05) is 0 Å². The molecule has 1 fully saturated rings. The average Bonchev–Trinajstić information content (AvgIpc) is 2.60. The summed E-state index contributed by atoms with van der Waals surface area (Å²) in [5.74, 6) is -1.28. The van der Waals surface area contributed by atoms with E-state index in [9.17, 15) is 14.6 Å². The van der Waals surface area contributed by atoms with E-state index in [-0.39, 0.29) is 11.3 Å². The Morgan fingerprint density at radius 3 is 2.40 bits per heavy atom. The van der Waals surface area contributed by atoms with Crippen molar-refractivity contribution in [2.45, 2.75) is 31.2 Å². The fraction of sp³-hybridized carbons (Fsp3) is 0.455. The lowest BCUT2D eigenvalue weighted by Gasteiger charge is -2.25. The Balaban J connectivity index is 2.55. The molecule has 82 valence electrons. The molecule has 0 amide bonds. The quantitative estimate of drug-likeness (QED) is 0.622. The van der Waals surface area contributed by atoms with Crippen LogP contribution >= 0.6 is 0 Å². The van der Waals surface area contributed by atoms with Crippen LogP contribution < -0.4 is 5.73 Å². The number of hydrogen-bond acceptors (Lipinski definition) is 3. The second kappa shape index (κ2) is 3.38. The maximum atomic E-state index is 13.6. The van der Waals surface area contributed by atoms with E-state index in [2.05, 4.69) is 0 Å². The molecular formula is C11H14FNO2. The maximum Gasteiger partial charge on any atom is 0.165 e. The third kappa shape index (κ3) is 1.55. The predicted octanol–water partition coefficient (Wildman–Crippen LogP) is 1.96. The van der Waals surface area contributed by atoms with E-state index in [0.29, 0.717) is 12.8 Å². The first kappa shape index (κ1) is 10.2. The number of nitrogens with two attached hydrogens (primary N) is 1. The van der Waals surface area contributed by atoms with Gasteiger partial charge in [-0.1, -0.05) is 12.8 Å². The largest absolute Gasteiger partial charge is 0.504 e. The van der Waals surface area contributed by atoms with Gasteiger partial charge in [0.1, 0.15) is 5.82 Å². The van der Waals surface area contributed by atoms with Crippen LogP contribution in [-0.2, 0) is 5.54 Å². The summed E-state index contributed by atoms with van der Waals surface area (Å²) in [5, 5.41) is 19.0.